The van der Waals surface area contributed by atoms with E-state index in [1.165, 1.54) is 0 Å². The van der Waals surface area contributed by atoms with Gasteiger partial charge in [-0.25, -0.2) is 5.10 Å². The van der Waals surface area contributed by atoms with E-state index in [1.807, 2.05) is 6.92 Å². The molecule has 1 aromatic heterocycles. The highest BCUT2D eigenvalue weighted by Crippen LogP contribution is 2.05. The molecule has 4 heteroatoms. The number of aryl methyl sites for hydroxylation is 1. The Bertz CT molecular complexity index is 268. The summed E-state index contributed by atoms with van der Waals surface area (Å²) in [4.78, 5) is 10.7. The summed E-state index contributed by atoms with van der Waals surface area (Å²) in [5.41, 5.74) is 0.661. The van der Waals surface area contributed by atoms with E-state index in [4.69, 9.17) is 0 Å². The first-order chi connectivity index (χ1) is 4.22. The van der Waals surface area contributed by atoms with Crippen LogP contribution in [0.3, 0.4) is 0 Å². The standard InChI is InChI=1S/C5H5BrN2O/c1-3-2-7-8-5(9)4(3)6/h2H,1H3,(H,8,9). The summed E-state index contributed by atoms with van der Waals surface area (Å²) in [5.74, 6) is 0. The number of nitrogens with one attached hydrogen (secondary N) is 1. The van der Waals surface area contributed by atoms with Crippen LogP contribution >= 0.6 is 15.9 Å². The first kappa shape index (κ1) is 6.48. The van der Waals surface area contributed by atoms with Crippen molar-refractivity contribution in [3.63, 3.8) is 0 Å². The molecule has 0 amide bonds. The summed E-state index contributed by atoms with van der Waals surface area (Å²) in [7, 11) is 0. The SMILES string of the molecule is Cc1cn[nH]c(=O)c1Br. The molecule has 48 valence electrons. The fourth-order valence-corrected chi connectivity index (χ4v) is 0.664. The number of hydrogen-bond acceptors (Lipinski definition) is 2. The molecule has 3 nitrogen and oxygen atoms in total. The van der Waals surface area contributed by atoms with Gasteiger partial charge < -0.3 is 0 Å². The Morgan fingerprint density at radius 1 is 1.78 bits per heavy atom. The van der Waals surface area contributed by atoms with Gasteiger partial charge in [-0.3, -0.25) is 4.79 Å². The molecule has 1 aromatic rings. The second kappa shape index (κ2) is 2.31. The average molecular weight is 189 g/mol. The first-order valence-electron chi connectivity index (χ1n) is 2.41. The molecule has 0 unspecified atom stereocenters. The Labute approximate surface area is 60.2 Å². The van der Waals surface area contributed by atoms with Gasteiger partial charge in [0, 0.05) is 0 Å². The number of nitrogens with zero attached hydrogens (tertiary/aromatic N) is 1. The summed E-state index contributed by atoms with van der Waals surface area (Å²) in [5, 5.41) is 5.87. The van der Waals surface area contributed by atoms with Crippen molar-refractivity contribution in [3.8, 4) is 0 Å². The van der Waals surface area contributed by atoms with Crippen molar-refractivity contribution >= 4 is 15.9 Å². The zero-order chi connectivity index (χ0) is 6.85. The summed E-state index contributed by atoms with van der Waals surface area (Å²) in [6.07, 6.45) is 1.59. The molecule has 1 heterocycles. The van der Waals surface area contributed by atoms with Crippen LogP contribution in [0.5, 0.6) is 0 Å². The topological polar surface area (TPSA) is 45.8 Å². The lowest BCUT2D eigenvalue weighted by atomic mass is 10.4. The highest BCUT2D eigenvalue weighted by atomic mass is 79.9. The molecule has 0 fully saturated rings. The van der Waals surface area contributed by atoms with Gasteiger partial charge in [0.05, 0.1) is 10.7 Å². The lowest BCUT2D eigenvalue weighted by molar-refractivity contribution is 0.962. The van der Waals surface area contributed by atoms with Gasteiger partial charge in [0.15, 0.2) is 0 Å². The van der Waals surface area contributed by atoms with Gasteiger partial charge in [0.1, 0.15) is 0 Å². The summed E-state index contributed by atoms with van der Waals surface area (Å²) in [6.45, 7) is 1.81. The molecule has 0 saturated carbocycles. The summed E-state index contributed by atoms with van der Waals surface area (Å²) >= 11 is 3.10. The third kappa shape index (κ3) is 1.18. The highest BCUT2D eigenvalue weighted by Gasteiger charge is 1.96. The van der Waals surface area contributed by atoms with Gasteiger partial charge in [-0.15, -0.1) is 0 Å². The highest BCUT2D eigenvalue weighted by molar-refractivity contribution is 9.10. The number of aromatic nitrogens is 2. The third-order valence-corrected chi connectivity index (χ3v) is 1.96. The van der Waals surface area contributed by atoms with Gasteiger partial charge in [0.25, 0.3) is 5.56 Å². The van der Waals surface area contributed by atoms with Crippen LogP contribution in [-0.4, -0.2) is 10.2 Å². The van der Waals surface area contributed by atoms with Crippen LogP contribution in [0.4, 0.5) is 0 Å². The number of halogens is 1. The van der Waals surface area contributed by atoms with Crippen LogP contribution < -0.4 is 5.56 Å². The van der Waals surface area contributed by atoms with E-state index in [0.29, 0.717) is 4.47 Å². The second-order valence-corrected chi connectivity index (χ2v) is 2.49. The maximum Gasteiger partial charge on any atom is 0.278 e. The zero-order valence-electron chi connectivity index (χ0n) is 4.81. The van der Waals surface area contributed by atoms with E-state index in [-0.39, 0.29) is 5.56 Å². The van der Waals surface area contributed by atoms with E-state index in [2.05, 4.69) is 26.1 Å². The molecule has 1 N–H and O–H groups in total. The normalized spacial score (nSPS) is 9.56. The minimum atomic E-state index is -0.185. The smallest absolute Gasteiger partial charge is 0.267 e. The van der Waals surface area contributed by atoms with Gasteiger partial charge in [0.2, 0.25) is 0 Å². The first-order valence-corrected chi connectivity index (χ1v) is 3.21. The second-order valence-electron chi connectivity index (χ2n) is 1.70. The van der Waals surface area contributed by atoms with E-state index in [9.17, 15) is 4.79 Å². The molecule has 0 atom stereocenters. The van der Waals surface area contributed by atoms with Crippen molar-refractivity contribution in [2.24, 2.45) is 0 Å². The van der Waals surface area contributed by atoms with Crippen molar-refractivity contribution in [3.05, 3.63) is 26.6 Å². The molecule has 0 aromatic carbocycles. The van der Waals surface area contributed by atoms with E-state index >= 15 is 0 Å². The Morgan fingerprint density at radius 3 is 2.89 bits per heavy atom. The van der Waals surface area contributed by atoms with Crippen molar-refractivity contribution in [1.82, 2.24) is 10.2 Å². The Kier molecular flexibility index (Phi) is 1.66. The number of aromatic amines is 1. The largest absolute Gasteiger partial charge is 0.278 e. The van der Waals surface area contributed by atoms with E-state index in [0.717, 1.165) is 5.56 Å². The molecule has 0 radical (unpaired) electrons. The van der Waals surface area contributed by atoms with Crippen LogP contribution in [0.1, 0.15) is 5.56 Å². The monoisotopic (exact) mass is 188 g/mol. The van der Waals surface area contributed by atoms with Crippen molar-refractivity contribution < 1.29 is 0 Å². The van der Waals surface area contributed by atoms with Gasteiger partial charge in [-0.2, -0.15) is 5.10 Å². The van der Waals surface area contributed by atoms with Crippen LogP contribution in [0.25, 0.3) is 0 Å². The minimum absolute atomic E-state index is 0.185. The molecule has 0 bridgehead atoms. The number of H-pyrrole nitrogens is 1. The van der Waals surface area contributed by atoms with Crippen molar-refractivity contribution in [1.29, 1.82) is 0 Å². The van der Waals surface area contributed by atoms with Crippen molar-refractivity contribution in [2.45, 2.75) is 6.92 Å². The fraction of sp³-hybridized carbons (Fsp3) is 0.200. The Balaban J connectivity index is 3.43. The maximum absolute atomic E-state index is 10.7. The number of hydrogen-bond donors (Lipinski definition) is 1. The summed E-state index contributed by atoms with van der Waals surface area (Å²) < 4.78 is 0.553. The van der Waals surface area contributed by atoms with E-state index < -0.39 is 0 Å². The molecular weight excluding hydrogens is 184 g/mol. The van der Waals surface area contributed by atoms with Crippen molar-refractivity contribution in [2.75, 3.05) is 0 Å². The molecular formula is C5H5BrN2O. The van der Waals surface area contributed by atoms with Gasteiger partial charge in [-0.1, -0.05) is 0 Å². The van der Waals surface area contributed by atoms with Gasteiger partial charge >= 0.3 is 0 Å². The average Bonchev–Trinajstić information content (AvgIpc) is 1.83. The number of rotatable bonds is 0. The zero-order valence-corrected chi connectivity index (χ0v) is 6.40. The maximum atomic E-state index is 10.7. The molecule has 0 aliphatic heterocycles. The molecule has 0 spiro atoms. The summed E-state index contributed by atoms with van der Waals surface area (Å²) in [6, 6.07) is 0. The molecule has 9 heavy (non-hydrogen) atoms. The third-order valence-electron chi connectivity index (χ3n) is 0.970. The molecule has 0 saturated heterocycles. The van der Waals surface area contributed by atoms with Gasteiger partial charge in [-0.05, 0) is 28.4 Å². The molecule has 1 rings (SSSR count). The predicted molar refractivity (Wildman–Crippen MR) is 37.3 cm³/mol. The lowest BCUT2D eigenvalue weighted by Crippen LogP contribution is -2.08. The quantitative estimate of drug-likeness (QED) is 0.657. The Hall–Kier alpha value is -0.640. The van der Waals surface area contributed by atoms with Crippen LogP contribution in [-0.2, 0) is 0 Å². The minimum Gasteiger partial charge on any atom is -0.267 e. The van der Waals surface area contributed by atoms with Crippen LogP contribution in [0, 0.1) is 6.92 Å². The predicted octanol–water partition coefficient (Wildman–Crippen LogP) is 0.841. The van der Waals surface area contributed by atoms with Crippen LogP contribution in [0.15, 0.2) is 15.5 Å². The molecule has 0 aliphatic carbocycles. The Morgan fingerprint density at radius 2 is 2.44 bits per heavy atom. The van der Waals surface area contributed by atoms with E-state index in [1.54, 1.807) is 6.20 Å². The fourth-order valence-electron chi connectivity index (χ4n) is 0.473. The lowest BCUT2D eigenvalue weighted by Gasteiger charge is -1.90. The van der Waals surface area contributed by atoms with Crippen LogP contribution in [0.2, 0.25) is 0 Å². The molecule has 0 aliphatic rings.